The van der Waals surface area contributed by atoms with Gasteiger partial charge in [0.15, 0.2) is 11.6 Å². The molecule has 1 N–H and O–H groups in total. The summed E-state index contributed by atoms with van der Waals surface area (Å²) in [7, 11) is 0. The molecule has 0 aliphatic carbocycles. The lowest BCUT2D eigenvalue weighted by Crippen LogP contribution is -2.26. The van der Waals surface area contributed by atoms with Crippen molar-refractivity contribution in [2.45, 2.75) is 20.0 Å². The number of oxime groups is 1. The van der Waals surface area contributed by atoms with Gasteiger partial charge in [-0.05, 0) is 55.8 Å². The normalized spacial score (nSPS) is 12.0. The quantitative estimate of drug-likeness (QED) is 0.612. The van der Waals surface area contributed by atoms with Gasteiger partial charge >= 0.3 is 0 Å². The largest absolute Gasteiger partial charge is 0.494 e. The predicted molar refractivity (Wildman–Crippen MR) is 90.7 cm³/mol. The van der Waals surface area contributed by atoms with Gasteiger partial charge in [-0.15, -0.1) is 0 Å². The number of hydrogen-bond acceptors (Lipinski definition) is 4. The van der Waals surface area contributed by atoms with E-state index in [1.54, 1.807) is 24.3 Å². The molecule has 0 heterocycles. The summed E-state index contributed by atoms with van der Waals surface area (Å²) in [6, 6.07) is 10.3. The van der Waals surface area contributed by atoms with Crippen LogP contribution in [0.2, 0.25) is 0 Å². The summed E-state index contributed by atoms with van der Waals surface area (Å²) in [5.41, 5.74) is 0.909. The molecule has 2 rings (SSSR count). The van der Waals surface area contributed by atoms with Crippen molar-refractivity contribution < 1.29 is 23.1 Å². The number of nitrogens with zero attached hydrogens (tertiary/aromatic N) is 1. The van der Waals surface area contributed by atoms with Crippen LogP contribution in [-0.4, -0.2) is 24.8 Å². The monoisotopic (exact) mass is 348 g/mol. The molecule has 0 bridgehead atoms. The Hall–Kier alpha value is -2.96. The van der Waals surface area contributed by atoms with Crippen LogP contribution in [-0.2, 0) is 9.63 Å². The van der Waals surface area contributed by atoms with Crippen LogP contribution in [0.3, 0.4) is 0 Å². The Morgan fingerprint density at radius 2 is 1.92 bits per heavy atom. The van der Waals surface area contributed by atoms with Crippen molar-refractivity contribution in [2.24, 2.45) is 5.16 Å². The number of hydrogen-bond donors (Lipinski definition) is 1. The summed E-state index contributed by atoms with van der Waals surface area (Å²) in [4.78, 5) is 17.0. The third-order valence-corrected chi connectivity index (χ3v) is 3.17. The van der Waals surface area contributed by atoms with Crippen LogP contribution >= 0.6 is 0 Å². The molecular weight excluding hydrogens is 330 g/mol. The van der Waals surface area contributed by atoms with E-state index >= 15 is 0 Å². The fraction of sp³-hybridized carbons (Fsp3) is 0.222. The summed E-state index contributed by atoms with van der Waals surface area (Å²) in [6.07, 6.45) is 0.545. The van der Waals surface area contributed by atoms with Crippen LogP contribution in [0.5, 0.6) is 5.75 Å². The van der Waals surface area contributed by atoms with Gasteiger partial charge in [-0.25, -0.2) is 8.78 Å². The zero-order valence-electron chi connectivity index (χ0n) is 13.8. The van der Waals surface area contributed by atoms with Gasteiger partial charge < -0.3 is 14.9 Å². The second kappa shape index (κ2) is 8.77. The van der Waals surface area contributed by atoms with Gasteiger partial charge in [0.1, 0.15) is 5.75 Å². The number of carbonyl (C=O) groups is 1. The minimum atomic E-state index is -1.04. The SMILES string of the molecule is CCOc1ccc(C=NOC(C)C(=O)Nc2ccc(F)c(F)c2)cc1. The summed E-state index contributed by atoms with van der Waals surface area (Å²) in [5, 5.41) is 6.17. The van der Waals surface area contributed by atoms with Gasteiger partial charge in [0.2, 0.25) is 6.10 Å². The van der Waals surface area contributed by atoms with Crippen LogP contribution in [0.25, 0.3) is 0 Å². The zero-order valence-corrected chi connectivity index (χ0v) is 13.8. The van der Waals surface area contributed by atoms with Crippen LogP contribution in [0.4, 0.5) is 14.5 Å². The van der Waals surface area contributed by atoms with Gasteiger partial charge in [-0.1, -0.05) is 5.16 Å². The third-order valence-electron chi connectivity index (χ3n) is 3.17. The van der Waals surface area contributed by atoms with Gasteiger partial charge in [0.05, 0.1) is 12.8 Å². The molecule has 0 radical (unpaired) electrons. The van der Waals surface area contributed by atoms with E-state index < -0.39 is 23.6 Å². The number of amides is 1. The van der Waals surface area contributed by atoms with Crippen molar-refractivity contribution in [1.82, 2.24) is 0 Å². The average molecular weight is 348 g/mol. The highest BCUT2D eigenvalue weighted by Crippen LogP contribution is 2.14. The Balaban J connectivity index is 1.86. The van der Waals surface area contributed by atoms with Crippen molar-refractivity contribution >= 4 is 17.8 Å². The second-order valence-electron chi connectivity index (χ2n) is 5.10. The standard InChI is InChI=1S/C18H18F2N2O3/c1-3-24-15-7-4-13(5-8-15)11-21-25-12(2)18(23)22-14-6-9-16(19)17(20)10-14/h4-12H,3H2,1-2H3,(H,22,23). The average Bonchev–Trinajstić information content (AvgIpc) is 2.60. The van der Waals surface area contributed by atoms with Crippen molar-refractivity contribution in [3.05, 3.63) is 59.7 Å². The van der Waals surface area contributed by atoms with Gasteiger partial charge in [0.25, 0.3) is 5.91 Å². The van der Waals surface area contributed by atoms with E-state index in [0.717, 1.165) is 23.4 Å². The van der Waals surface area contributed by atoms with E-state index in [2.05, 4.69) is 10.5 Å². The van der Waals surface area contributed by atoms with Crippen molar-refractivity contribution in [2.75, 3.05) is 11.9 Å². The summed E-state index contributed by atoms with van der Waals surface area (Å²) < 4.78 is 31.3. The molecule has 1 atom stereocenters. The fourth-order valence-electron chi connectivity index (χ4n) is 1.87. The first-order valence-corrected chi connectivity index (χ1v) is 7.67. The maximum atomic E-state index is 13.1. The maximum absolute atomic E-state index is 13.1. The zero-order chi connectivity index (χ0) is 18.2. The highest BCUT2D eigenvalue weighted by atomic mass is 19.2. The molecule has 2 aromatic rings. The second-order valence-corrected chi connectivity index (χ2v) is 5.10. The van der Waals surface area contributed by atoms with Crippen molar-refractivity contribution in [3.8, 4) is 5.75 Å². The molecule has 0 spiro atoms. The lowest BCUT2D eigenvalue weighted by Gasteiger charge is -2.10. The minimum absolute atomic E-state index is 0.134. The smallest absolute Gasteiger partial charge is 0.267 e. The molecular formula is C18H18F2N2O3. The van der Waals surface area contributed by atoms with E-state index in [9.17, 15) is 13.6 Å². The highest BCUT2D eigenvalue weighted by molar-refractivity contribution is 5.93. The van der Waals surface area contributed by atoms with Gasteiger partial charge in [0, 0.05) is 11.8 Å². The van der Waals surface area contributed by atoms with Crippen LogP contribution in [0, 0.1) is 11.6 Å². The Morgan fingerprint density at radius 3 is 2.56 bits per heavy atom. The number of carbonyl (C=O) groups excluding carboxylic acids is 1. The summed E-state index contributed by atoms with van der Waals surface area (Å²) in [6.45, 7) is 3.97. The molecule has 5 nitrogen and oxygen atoms in total. The van der Waals surface area contributed by atoms with E-state index in [0.29, 0.717) is 6.61 Å². The van der Waals surface area contributed by atoms with Crippen LogP contribution in [0.1, 0.15) is 19.4 Å². The first-order valence-electron chi connectivity index (χ1n) is 7.67. The molecule has 0 aliphatic heterocycles. The number of rotatable bonds is 7. The molecule has 0 aromatic heterocycles. The summed E-state index contributed by atoms with van der Waals surface area (Å²) in [5.74, 6) is -1.81. The first-order chi connectivity index (χ1) is 12.0. The Bertz CT molecular complexity index is 748. The maximum Gasteiger partial charge on any atom is 0.267 e. The molecule has 25 heavy (non-hydrogen) atoms. The first kappa shape index (κ1) is 18.4. The van der Waals surface area contributed by atoms with Crippen LogP contribution in [0.15, 0.2) is 47.6 Å². The van der Waals surface area contributed by atoms with Gasteiger partial charge in [-0.3, -0.25) is 4.79 Å². The Morgan fingerprint density at radius 1 is 1.20 bits per heavy atom. The number of halogens is 2. The fourth-order valence-corrected chi connectivity index (χ4v) is 1.87. The van der Waals surface area contributed by atoms with Crippen LogP contribution < -0.4 is 10.1 Å². The third kappa shape index (κ3) is 5.56. The molecule has 2 aromatic carbocycles. The molecule has 1 amide bonds. The van der Waals surface area contributed by atoms with Crippen molar-refractivity contribution in [3.63, 3.8) is 0 Å². The summed E-state index contributed by atoms with van der Waals surface area (Å²) >= 11 is 0. The van der Waals surface area contributed by atoms with Gasteiger partial charge in [-0.2, -0.15) is 0 Å². The van der Waals surface area contributed by atoms with E-state index in [4.69, 9.17) is 9.57 Å². The number of anilines is 1. The molecule has 1 unspecified atom stereocenters. The molecule has 0 saturated carbocycles. The van der Waals surface area contributed by atoms with E-state index in [1.165, 1.54) is 19.2 Å². The van der Waals surface area contributed by atoms with Crippen molar-refractivity contribution in [1.29, 1.82) is 0 Å². The molecule has 7 heteroatoms. The predicted octanol–water partition coefficient (Wildman–Crippen LogP) is 3.74. The molecule has 132 valence electrons. The number of ether oxygens (including phenoxy) is 1. The van der Waals surface area contributed by atoms with E-state index in [-0.39, 0.29) is 5.69 Å². The topological polar surface area (TPSA) is 59.9 Å². The Kier molecular flexibility index (Phi) is 6.45. The Labute approximate surface area is 144 Å². The lowest BCUT2D eigenvalue weighted by molar-refractivity contribution is -0.126. The number of nitrogens with one attached hydrogen (secondary N) is 1. The lowest BCUT2D eigenvalue weighted by atomic mass is 10.2. The number of benzene rings is 2. The highest BCUT2D eigenvalue weighted by Gasteiger charge is 2.15. The molecule has 0 fully saturated rings. The molecule has 0 aliphatic rings. The minimum Gasteiger partial charge on any atom is -0.494 e. The van der Waals surface area contributed by atoms with E-state index in [1.807, 2.05) is 6.92 Å². The molecule has 0 saturated heterocycles.